The van der Waals surface area contributed by atoms with Crippen LogP contribution in [0.5, 0.6) is 0 Å². The molecule has 1 heterocycles. The Labute approximate surface area is 95.8 Å². The summed E-state index contributed by atoms with van der Waals surface area (Å²) in [6, 6.07) is 0. The highest BCUT2D eigenvalue weighted by Gasteiger charge is 2.39. The topological polar surface area (TPSA) is 72.3 Å². The molecule has 0 aromatic carbocycles. The average molecular weight is 224 g/mol. The van der Waals surface area contributed by atoms with Gasteiger partial charge < -0.3 is 15.4 Å². The summed E-state index contributed by atoms with van der Waals surface area (Å²) in [4.78, 5) is 0. The van der Waals surface area contributed by atoms with Crippen molar-refractivity contribution in [1.82, 2.24) is 5.16 Å². The number of aliphatic hydroxyl groups excluding tert-OH is 1. The van der Waals surface area contributed by atoms with Crippen molar-refractivity contribution in [1.29, 1.82) is 0 Å². The van der Waals surface area contributed by atoms with Crippen LogP contribution >= 0.6 is 0 Å². The zero-order valence-electron chi connectivity index (χ0n) is 9.99. The van der Waals surface area contributed by atoms with Gasteiger partial charge in [0.05, 0.1) is 11.8 Å². The zero-order chi connectivity index (χ0) is 11.8. The van der Waals surface area contributed by atoms with E-state index in [0.717, 1.165) is 37.1 Å². The van der Waals surface area contributed by atoms with Crippen LogP contribution < -0.4 is 5.73 Å². The SMILES string of the molecule is Cc1noc(C)c1C1(CN)CCC(O)CC1. The highest BCUT2D eigenvalue weighted by Crippen LogP contribution is 2.41. The molecule has 0 atom stereocenters. The Morgan fingerprint density at radius 2 is 2.06 bits per heavy atom. The molecule has 4 heteroatoms. The van der Waals surface area contributed by atoms with Crippen molar-refractivity contribution in [2.24, 2.45) is 5.73 Å². The van der Waals surface area contributed by atoms with Crippen LogP contribution in [-0.4, -0.2) is 22.9 Å². The number of nitrogens with two attached hydrogens (primary N) is 1. The van der Waals surface area contributed by atoms with Gasteiger partial charge in [0, 0.05) is 17.5 Å². The minimum atomic E-state index is -0.167. The Morgan fingerprint density at radius 3 is 2.50 bits per heavy atom. The molecule has 16 heavy (non-hydrogen) atoms. The molecule has 0 radical (unpaired) electrons. The molecule has 1 aliphatic carbocycles. The van der Waals surface area contributed by atoms with Gasteiger partial charge in [0.1, 0.15) is 5.76 Å². The van der Waals surface area contributed by atoms with Crippen molar-refractivity contribution >= 4 is 0 Å². The Kier molecular flexibility index (Phi) is 3.04. The molecule has 0 unspecified atom stereocenters. The second kappa shape index (κ2) is 4.18. The number of aromatic nitrogens is 1. The number of hydrogen-bond donors (Lipinski definition) is 2. The first-order chi connectivity index (χ1) is 7.59. The van der Waals surface area contributed by atoms with Crippen molar-refractivity contribution in [2.75, 3.05) is 6.54 Å². The van der Waals surface area contributed by atoms with Gasteiger partial charge in [0.15, 0.2) is 0 Å². The number of rotatable bonds is 2. The fourth-order valence-electron chi connectivity index (χ4n) is 2.95. The van der Waals surface area contributed by atoms with E-state index in [2.05, 4.69) is 5.16 Å². The fraction of sp³-hybridized carbons (Fsp3) is 0.750. The molecule has 1 aromatic rings. The van der Waals surface area contributed by atoms with E-state index in [9.17, 15) is 5.11 Å². The van der Waals surface area contributed by atoms with Crippen LogP contribution in [0.4, 0.5) is 0 Å². The summed E-state index contributed by atoms with van der Waals surface area (Å²) in [6.07, 6.45) is 3.32. The van der Waals surface area contributed by atoms with E-state index in [0.29, 0.717) is 6.54 Å². The van der Waals surface area contributed by atoms with Crippen LogP contribution in [0.1, 0.15) is 42.7 Å². The summed E-state index contributed by atoms with van der Waals surface area (Å²) in [6.45, 7) is 4.51. The lowest BCUT2D eigenvalue weighted by Gasteiger charge is -2.38. The van der Waals surface area contributed by atoms with Crippen molar-refractivity contribution in [2.45, 2.75) is 51.0 Å². The molecule has 1 fully saturated rings. The molecule has 0 spiro atoms. The zero-order valence-corrected chi connectivity index (χ0v) is 9.99. The lowest BCUT2D eigenvalue weighted by Crippen LogP contribution is -2.40. The third kappa shape index (κ3) is 1.76. The van der Waals surface area contributed by atoms with Crippen molar-refractivity contribution in [3.05, 3.63) is 17.0 Å². The standard InChI is InChI=1S/C12H20N2O2/c1-8-11(9(2)16-14-8)12(7-13)5-3-10(15)4-6-12/h10,15H,3-7,13H2,1-2H3. The van der Waals surface area contributed by atoms with E-state index in [1.165, 1.54) is 5.56 Å². The van der Waals surface area contributed by atoms with Gasteiger partial charge in [-0.1, -0.05) is 5.16 Å². The Balaban J connectivity index is 2.35. The largest absolute Gasteiger partial charge is 0.393 e. The summed E-state index contributed by atoms with van der Waals surface area (Å²) in [5.74, 6) is 0.874. The van der Waals surface area contributed by atoms with Crippen LogP contribution in [0.15, 0.2) is 4.52 Å². The Hall–Kier alpha value is -0.870. The highest BCUT2D eigenvalue weighted by molar-refractivity contribution is 5.32. The van der Waals surface area contributed by atoms with E-state index in [1.54, 1.807) is 0 Å². The molecular weight excluding hydrogens is 204 g/mol. The summed E-state index contributed by atoms with van der Waals surface area (Å²) in [5, 5.41) is 13.6. The average Bonchev–Trinajstić information content (AvgIpc) is 2.62. The summed E-state index contributed by atoms with van der Waals surface area (Å²) in [7, 11) is 0. The minimum absolute atomic E-state index is 0.0343. The Morgan fingerprint density at radius 1 is 1.44 bits per heavy atom. The van der Waals surface area contributed by atoms with Gasteiger partial charge >= 0.3 is 0 Å². The van der Waals surface area contributed by atoms with Gasteiger partial charge in [-0.3, -0.25) is 0 Å². The van der Waals surface area contributed by atoms with E-state index < -0.39 is 0 Å². The highest BCUT2D eigenvalue weighted by atomic mass is 16.5. The number of nitrogens with zero attached hydrogens (tertiary/aromatic N) is 1. The molecule has 0 aliphatic heterocycles. The molecule has 2 rings (SSSR count). The van der Waals surface area contributed by atoms with Gasteiger partial charge in [-0.15, -0.1) is 0 Å². The Bertz CT molecular complexity index is 346. The van der Waals surface area contributed by atoms with Crippen molar-refractivity contribution < 1.29 is 9.63 Å². The first-order valence-electron chi connectivity index (χ1n) is 5.90. The van der Waals surface area contributed by atoms with Crippen LogP contribution in [-0.2, 0) is 5.41 Å². The van der Waals surface area contributed by atoms with Gasteiger partial charge in [0.25, 0.3) is 0 Å². The lowest BCUT2D eigenvalue weighted by molar-refractivity contribution is 0.0968. The maximum atomic E-state index is 9.59. The van der Waals surface area contributed by atoms with E-state index in [4.69, 9.17) is 10.3 Å². The predicted molar refractivity (Wildman–Crippen MR) is 61.2 cm³/mol. The molecule has 0 saturated heterocycles. The van der Waals surface area contributed by atoms with Gasteiger partial charge in [-0.2, -0.15) is 0 Å². The van der Waals surface area contributed by atoms with Gasteiger partial charge in [-0.05, 0) is 39.5 Å². The first-order valence-corrected chi connectivity index (χ1v) is 5.90. The molecule has 90 valence electrons. The van der Waals surface area contributed by atoms with Gasteiger partial charge in [0.2, 0.25) is 0 Å². The normalized spacial score (nSPS) is 30.6. The monoisotopic (exact) mass is 224 g/mol. The van der Waals surface area contributed by atoms with Crippen molar-refractivity contribution in [3.8, 4) is 0 Å². The van der Waals surface area contributed by atoms with Crippen LogP contribution in [0.2, 0.25) is 0 Å². The molecule has 1 saturated carbocycles. The summed E-state index contributed by atoms with van der Waals surface area (Å²) < 4.78 is 5.23. The number of aryl methyl sites for hydroxylation is 2. The second-order valence-electron chi connectivity index (χ2n) is 4.91. The smallest absolute Gasteiger partial charge is 0.137 e. The maximum Gasteiger partial charge on any atom is 0.137 e. The van der Waals surface area contributed by atoms with Crippen LogP contribution in [0.25, 0.3) is 0 Å². The van der Waals surface area contributed by atoms with Crippen LogP contribution in [0, 0.1) is 13.8 Å². The summed E-state index contributed by atoms with van der Waals surface area (Å²) in [5.41, 5.74) is 8.04. The molecule has 4 nitrogen and oxygen atoms in total. The molecule has 0 amide bonds. The third-order valence-electron chi connectivity index (χ3n) is 3.87. The quantitative estimate of drug-likeness (QED) is 0.797. The summed E-state index contributed by atoms with van der Waals surface area (Å²) >= 11 is 0. The van der Waals surface area contributed by atoms with E-state index in [1.807, 2.05) is 13.8 Å². The number of hydrogen-bond acceptors (Lipinski definition) is 4. The lowest BCUT2D eigenvalue weighted by atomic mass is 9.68. The second-order valence-corrected chi connectivity index (χ2v) is 4.91. The predicted octanol–water partition coefficient (Wildman–Crippen LogP) is 1.42. The van der Waals surface area contributed by atoms with Gasteiger partial charge in [-0.25, -0.2) is 0 Å². The molecular formula is C12H20N2O2. The van der Waals surface area contributed by atoms with E-state index >= 15 is 0 Å². The third-order valence-corrected chi connectivity index (χ3v) is 3.87. The van der Waals surface area contributed by atoms with E-state index in [-0.39, 0.29) is 11.5 Å². The van der Waals surface area contributed by atoms with Crippen LogP contribution in [0.3, 0.4) is 0 Å². The fourth-order valence-corrected chi connectivity index (χ4v) is 2.95. The molecule has 1 aromatic heterocycles. The first kappa shape index (κ1) is 11.6. The number of aliphatic hydroxyl groups is 1. The maximum absolute atomic E-state index is 9.59. The molecule has 1 aliphatic rings. The molecule has 3 N–H and O–H groups in total. The van der Waals surface area contributed by atoms with Crippen molar-refractivity contribution in [3.63, 3.8) is 0 Å². The molecule has 0 bridgehead atoms. The minimum Gasteiger partial charge on any atom is -0.393 e.